The molecule has 0 bridgehead atoms. The molecule has 1 aromatic heterocycles. The van der Waals surface area contributed by atoms with E-state index in [-0.39, 0.29) is 37.6 Å². The summed E-state index contributed by atoms with van der Waals surface area (Å²) in [6.07, 6.45) is 0.390. The van der Waals surface area contributed by atoms with Crippen molar-refractivity contribution in [1.29, 1.82) is 0 Å². The topological polar surface area (TPSA) is 110 Å². The molecule has 0 saturated carbocycles. The molecule has 5 rings (SSSR count). The summed E-state index contributed by atoms with van der Waals surface area (Å²) in [5.74, 6) is 7.40. The second kappa shape index (κ2) is 13.0. The zero-order valence-corrected chi connectivity index (χ0v) is 26.1. The molecule has 2 atom stereocenters. The molecule has 226 valence electrons. The Kier molecular flexibility index (Phi) is 9.30. The van der Waals surface area contributed by atoms with Gasteiger partial charge in [-0.1, -0.05) is 30.0 Å². The van der Waals surface area contributed by atoms with Gasteiger partial charge in [0.15, 0.2) is 11.5 Å². The standard InChI is InChI=1S/C33H38N4O5S/c1-33(2,3)43(40)37-20-25-18-26(32(39)34-19-23-11-12-28-29(17-23)42-21-41-28)35-31(30(25)27(37)13-15-38)24-10-6-8-22(16-24)9-7-14-36(4)5/h6,8,10-12,16-18,27,38H,13-15,19-21H2,1-5H3,(H,34,39)/t27-,43+/m0/s1. The van der Waals surface area contributed by atoms with Gasteiger partial charge in [0, 0.05) is 41.2 Å². The Morgan fingerprint density at radius 2 is 1.98 bits per heavy atom. The average Bonchev–Trinajstić information content (AvgIpc) is 3.59. The fraction of sp³-hybridized carbons (Fsp3) is 0.394. The number of pyridine rings is 1. The Hall–Kier alpha value is -3.59. The third kappa shape index (κ3) is 6.98. The highest BCUT2D eigenvalue weighted by atomic mass is 32.2. The van der Waals surface area contributed by atoms with Crippen LogP contribution >= 0.6 is 0 Å². The molecule has 3 aromatic rings. The second-order valence-electron chi connectivity index (χ2n) is 11.9. The van der Waals surface area contributed by atoms with Gasteiger partial charge in [-0.15, -0.1) is 4.31 Å². The third-order valence-electron chi connectivity index (χ3n) is 7.18. The van der Waals surface area contributed by atoms with E-state index in [4.69, 9.17) is 14.5 Å². The molecular weight excluding hydrogens is 564 g/mol. The number of hydrogen-bond acceptors (Lipinski definition) is 8. The van der Waals surface area contributed by atoms with Crippen LogP contribution in [0.1, 0.15) is 66.0 Å². The number of ether oxygens (including phenoxy) is 2. The van der Waals surface area contributed by atoms with Crippen LogP contribution in [0.4, 0.5) is 0 Å². The van der Waals surface area contributed by atoms with Gasteiger partial charge in [0.1, 0.15) is 10.4 Å². The lowest BCUT2D eigenvalue weighted by Gasteiger charge is -2.33. The van der Waals surface area contributed by atoms with Crippen molar-refractivity contribution in [3.8, 4) is 34.6 Å². The average molecular weight is 603 g/mol. The molecule has 2 N–H and O–H groups in total. The number of aliphatic hydroxyl groups is 1. The van der Waals surface area contributed by atoms with Crippen LogP contribution in [0.2, 0.25) is 0 Å². The molecule has 0 radical (unpaired) electrons. The summed E-state index contributed by atoms with van der Waals surface area (Å²) in [6.45, 7) is 7.21. The van der Waals surface area contributed by atoms with Gasteiger partial charge in [0.2, 0.25) is 6.79 Å². The Morgan fingerprint density at radius 3 is 2.72 bits per heavy atom. The lowest BCUT2D eigenvalue weighted by atomic mass is 9.95. The van der Waals surface area contributed by atoms with Crippen LogP contribution in [-0.4, -0.2) is 68.5 Å². The monoisotopic (exact) mass is 602 g/mol. The molecule has 0 fully saturated rings. The van der Waals surface area contributed by atoms with Crippen LogP contribution in [0.25, 0.3) is 11.3 Å². The normalized spacial score (nSPS) is 16.5. The number of amides is 1. The summed E-state index contributed by atoms with van der Waals surface area (Å²) >= 11 is -1.35. The van der Waals surface area contributed by atoms with Gasteiger partial charge < -0.3 is 24.4 Å². The highest BCUT2D eigenvalue weighted by molar-refractivity contribution is 7.90. The number of fused-ring (bicyclic) bond motifs is 2. The molecular formula is C33H38N4O5S. The number of carbonyl (C=O) groups is 1. The first kappa shape index (κ1) is 30.9. The Bertz CT molecular complexity index is 1560. The van der Waals surface area contributed by atoms with Gasteiger partial charge in [-0.2, -0.15) is 0 Å². The molecule has 0 spiro atoms. The maximum Gasteiger partial charge on any atom is 0.270 e. The predicted molar refractivity (Wildman–Crippen MR) is 167 cm³/mol. The molecule has 0 saturated heterocycles. The number of nitrogens with one attached hydrogen (secondary N) is 1. The molecule has 10 heteroatoms. The van der Waals surface area contributed by atoms with E-state index >= 15 is 0 Å². The molecule has 0 unspecified atom stereocenters. The SMILES string of the molecule is CN(C)CC#Cc1cccc(-c2nc(C(=O)NCc3ccc4c(c3)OCO4)cc3c2[C@H](CCO)N([S@+]([O-])C(C)(C)C)C3)c1. The largest absolute Gasteiger partial charge is 0.597 e. The van der Waals surface area contributed by atoms with E-state index in [1.807, 2.05) is 86.5 Å². The first-order valence-corrected chi connectivity index (χ1v) is 15.4. The number of carbonyl (C=O) groups excluding carboxylic acids is 1. The third-order valence-corrected chi connectivity index (χ3v) is 9.03. The molecule has 2 aliphatic heterocycles. The van der Waals surface area contributed by atoms with E-state index in [0.717, 1.165) is 27.8 Å². The van der Waals surface area contributed by atoms with E-state index in [2.05, 4.69) is 17.2 Å². The Morgan fingerprint density at radius 1 is 1.19 bits per heavy atom. The maximum absolute atomic E-state index is 13.7. The Balaban J connectivity index is 1.53. The van der Waals surface area contributed by atoms with Gasteiger partial charge in [-0.25, -0.2) is 4.98 Å². The summed E-state index contributed by atoms with van der Waals surface area (Å²) < 4.78 is 25.9. The van der Waals surface area contributed by atoms with Crippen LogP contribution in [0.3, 0.4) is 0 Å². The number of benzene rings is 2. The van der Waals surface area contributed by atoms with E-state index in [0.29, 0.717) is 36.7 Å². The summed E-state index contributed by atoms with van der Waals surface area (Å²) in [5.41, 5.74) is 5.18. The van der Waals surface area contributed by atoms with Crippen molar-refractivity contribution in [2.75, 3.05) is 34.0 Å². The van der Waals surface area contributed by atoms with Crippen molar-refractivity contribution in [1.82, 2.24) is 19.5 Å². The molecule has 0 aliphatic carbocycles. The lowest BCUT2D eigenvalue weighted by molar-refractivity contribution is 0.0945. The summed E-state index contributed by atoms with van der Waals surface area (Å²) in [4.78, 5) is 20.4. The smallest absolute Gasteiger partial charge is 0.270 e. The van der Waals surface area contributed by atoms with E-state index in [1.54, 1.807) is 6.07 Å². The quantitative estimate of drug-likeness (QED) is 0.294. The maximum atomic E-state index is 13.7. The predicted octanol–water partition coefficient (Wildman–Crippen LogP) is 4.02. The van der Waals surface area contributed by atoms with Crippen LogP contribution in [-0.2, 0) is 24.5 Å². The van der Waals surface area contributed by atoms with E-state index in [1.165, 1.54) is 0 Å². The zero-order chi connectivity index (χ0) is 30.7. The van der Waals surface area contributed by atoms with Crippen molar-refractivity contribution < 1.29 is 23.9 Å². The van der Waals surface area contributed by atoms with Gasteiger partial charge in [-0.05, 0) is 82.7 Å². The minimum atomic E-state index is -1.35. The molecule has 1 amide bonds. The highest BCUT2D eigenvalue weighted by Gasteiger charge is 2.44. The highest BCUT2D eigenvalue weighted by Crippen LogP contribution is 2.45. The van der Waals surface area contributed by atoms with Crippen molar-refractivity contribution in [3.63, 3.8) is 0 Å². The number of rotatable bonds is 8. The minimum Gasteiger partial charge on any atom is -0.597 e. The number of aromatic nitrogens is 1. The van der Waals surface area contributed by atoms with Crippen LogP contribution in [0.5, 0.6) is 11.5 Å². The van der Waals surface area contributed by atoms with Crippen LogP contribution < -0.4 is 14.8 Å². The van der Waals surface area contributed by atoms with Gasteiger partial charge >= 0.3 is 0 Å². The van der Waals surface area contributed by atoms with Gasteiger partial charge in [0.25, 0.3) is 5.91 Å². The van der Waals surface area contributed by atoms with E-state index in [9.17, 15) is 14.5 Å². The first-order valence-electron chi connectivity index (χ1n) is 14.3. The summed E-state index contributed by atoms with van der Waals surface area (Å²) in [6, 6.07) is 14.8. The second-order valence-corrected chi connectivity index (χ2v) is 14.1. The first-order chi connectivity index (χ1) is 20.5. The lowest BCUT2D eigenvalue weighted by Crippen LogP contribution is -2.42. The van der Waals surface area contributed by atoms with Crippen molar-refractivity contribution >= 4 is 17.3 Å². The Labute approximate surface area is 256 Å². The summed E-state index contributed by atoms with van der Waals surface area (Å²) in [5, 5.41) is 13.0. The van der Waals surface area contributed by atoms with Crippen molar-refractivity contribution in [2.24, 2.45) is 0 Å². The van der Waals surface area contributed by atoms with Crippen LogP contribution in [0.15, 0.2) is 48.5 Å². The van der Waals surface area contributed by atoms with Crippen molar-refractivity contribution in [2.45, 2.75) is 51.1 Å². The van der Waals surface area contributed by atoms with Gasteiger partial charge in [-0.3, -0.25) is 9.69 Å². The number of hydrogen-bond donors (Lipinski definition) is 2. The molecule has 3 heterocycles. The molecule has 43 heavy (non-hydrogen) atoms. The fourth-order valence-electron chi connectivity index (χ4n) is 5.17. The molecule has 2 aromatic carbocycles. The molecule has 9 nitrogen and oxygen atoms in total. The summed E-state index contributed by atoms with van der Waals surface area (Å²) in [7, 11) is 3.94. The van der Waals surface area contributed by atoms with Crippen molar-refractivity contribution in [3.05, 3.63) is 76.5 Å². The van der Waals surface area contributed by atoms with Crippen LogP contribution in [0, 0.1) is 11.8 Å². The van der Waals surface area contributed by atoms with Gasteiger partial charge in [0.05, 0.1) is 24.8 Å². The zero-order valence-electron chi connectivity index (χ0n) is 25.3. The fourth-order valence-corrected chi connectivity index (χ4v) is 6.58. The minimum absolute atomic E-state index is 0.0742. The van der Waals surface area contributed by atoms with E-state index < -0.39 is 16.1 Å². The number of nitrogens with zero attached hydrogens (tertiary/aromatic N) is 3. The number of aliphatic hydroxyl groups excluding tert-OH is 1. The molecule has 2 aliphatic rings.